The third-order valence-corrected chi connectivity index (χ3v) is 3.39. The lowest BCUT2D eigenvalue weighted by molar-refractivity contribution is 0.211. The third-order valence-electron chi connectivity index (χ3n) is 3.39. The Morgan fingerprint density at radius 3 is 2.60 bits per heavy atom. The molecule has 0 unspecified atom stereocenters. The molecule has 0 spiro atoms. The monoisotopic (exact) mass is 332 g/mol. The highest BCUT2D eigenvalue weighted by Gasteiger charge is 2.09. The van der Waals surface area contributed by atoms with E-state index in [1.54, 1.807) is 24.7 Å². The molecule has 0 bridgehead atoms. The van der Waals surface area contributed by atoms with E-state index >= 15 is 0 Å². The number of fused-ring (bicyclic) bond motifs is 1. The molecule has 4 rings (SSSR count). The largest absolute Gasteiger partial charge is 0.432 e. The van der Waals surface area contributed by atoms with Crippen LogP contribution in [0.25, 0.3) is 22.6 Å². The summed E-state index contributed by atoms with van der Waals surface area (Å²) in [5.74, 6) is 0.676. The van der Waals surface area contributed by atoms with Crippen LogP contribution in [0.4, 0.5) is 4.79 Å². The third kappa shape index (κ3) is 3.13. The lowest BCUT2D eigenvalue weighted by Crippen LogP contribution is -2.25. The van der Waals surface area contributed by atoms with Crippen LogP contribution in [-0.4, -0.2) is 30.7 Å². The van der Waals surface area contributed by atoms with Crippen molar-refractivity contribution in [2.75, 3.05) is 5.43 Å². The normalized spacial score (nSPS) is 10.6. The molecule has 0 atom stereocenters. The van der Waals surface area contributed by atoms with Gasteiger partial charge in [0.15, 0.2) is 17.2 Å². The van der Waals surface area contributed by atoms with E-state index in [2.05, 4.69) is 25.4 Å². The molecule has 8 heteroatoms. The summed E-state index contributed by atoms with van der Waals surface area (Å²) in [5, 5.41) is 0.908. The average Bonchev–Trinajstić information content (AvgIpc) is 3.06. The molecule has 0 aliphatic heterocycles. The van der Waals surface area contributed by atoms with Gasteiger partial charge >= 0.3 is 6.09 Å². The van der Waals surface area contributed by atoms with Gasteiger partial charge in [0, 0.05) is 24.0 Å². The predicted octanol–water partition coefficient (Wildman–Crippen LogP) is 2.63. The zero-order chi connectivity index (χ0) is 17.1. The number of nitrogens with one attached hydrogen (secondary N) is 1. The molecule has 8 nitrogen and oxygen atoms in total. The summed E-state index contributed by atoms with van der Waals surface area (Å²) >= 11 is 0. The highest BCUT2D eigenvalue weighted by atomic mass is 16.6. The maximum Gasteiger partial charge on any atom is 0.432 e. The first-order valence-electron chi connectivity index (χ1n) is 7.44. The number of ether oxygens (including phenoxy) is 1. The van der Waals surface area contributed by atoms with Gasteiger partial charge in [-0.05, 0) is 30.3 Å². The molecular weight excluding hydrogens is 320 g/mol. The Labute approximate surface area is 142 Å². The minimum atomic E-state index is -0.669. The first kappa shape index (κ1) is 14.8. The molecule has 25 heavy (non-hydrogen) atoms. The van der Waals surface area contributed by atoms with Crippen LogP contribution in [0.2, 0.25) is 0 Å². The highest BCUT2D eigenvalue weighted by Crippen LogP contribution is 2.14. The second-order valence-electron chi connectivity index (χ2n) is 5.06. The average molecular weight is 332 g/mol. The second kappa shape index (κ2) is 6.36. The maximum atomic E-state index is 12.0. The molecule has 4 heterocycles. The van der Waals surface area contributed by atoms with E-state index in [0.29, 0.717) is 17.2 Å². The van der Waals surface area contributed by atoms with Crippen molar-refractivity contribution < 1.29 is 9.53 Å². The van der Waals surface area contributed by atoms with Crippen LogP contribution in [0.5, 0.6) is 5.75 Å². The van der Waals surface area contributed by atoms with E-state index in [-0.39, 0.29) is 5.75 Å². The number of nitrogens with zero attached hydrogens (tertiary/aromatic N) is 5. The summed E-state index contributed by atoms with van der Waals surface area (Å²) in [6.07, 6.45) is 7.17. The summed E-state index contributed by atoms with van der Waals surface area (Å²) in [4.78, 5) is 28.7. The number of carbonyl (C=O) groups excluding carboxylic acids is 1. The van der Waals surface area contributed by atoms with Gasteiger partial charge < -0.3 is 4.74 Å². The van der Waals surface area contributed by atoms with Gasteiger partial charge in [-0.3, -0.25) is 4.98 Å². The molecule has 0 fully saturated rings. The van der Waals surface area contributed by atoms with Crippen molar-refractivity contribution in [3.8, 4) is 17.3 Å². The number of rotatable bonds is 3. The predicted molar refractivity (Wildman–Crippen MR) is 90.4 cm³/mol. The van der Waals surface area contributed by atoms with Crippen LogP contribution in [0.1, 0.15) is 0 Å². The van der Waals surface area contributed by atoms with Crippen molar-refractivity contribution in [2.24, 2.45) is 0 Å². The van der Waals surface area contributed by atoms with E-state index in [1.165, 1.54) is 17.1 Å². The summed E-state index contributed by atoms with van der Waals surface area (Å²) in [5.41, 5.74) is 3.85. The van der Waals surface area contributed by atoms with Gasteiger partial charge in [-0.25, -0.2) is 29.8 Å². The van der Waals surface area contributed by atoms with Crippen LogP contribution >= 0.6 is 0 Å². The second-order valence-corrected chi connectivity index (χ2v) is 5.06. The van der Waals surface area contributed by atoms with Crippen LogP contribution < -0.4 is 10.2 Å². The maximum absolute atomic E-state index is 12.0. The van der Waals surface area contributed by atoms with Gasteiger partial charge in [0.1, 0.15) is 5.69 Å². The fraction of sp³-hybridized carbons (Fsp3) is 0. The molecule has 4 aromatic rings. The van der Waals surface area contributed by atoms with Gasteiger partial charge in [0.2, 0.25) is 0 Å². The molecule has 0 saturated carbocycles. The van der Waals surface area contributed by atoms with E-state index in [4.69, 9.17) is 4.74 Å². The van der Waals surface area contributed by atoms with Gasteiger partial charge in [-0.15, -0.1) is 0 Å². The summed E-state index contributed by atoms with van der Waals surface area (Å²) in [7, 11) is 0. The van der Waals surface area contributed by atoms with Crippen molar-refractivity contribution in [1.29, 1.82) is 0 Å². The van der Waals surface area contributed by atoms with Crippen LogP contribution in [-0.2, 0) is 0 Å². The van der Waals surface area contributed by atoms with Crippen molar-refractivity contribution >= 4 is 17.1 Å². The van der Waals surface area contributed by atoms with Crippen LogP contribution in [0, 0.1) is 0 Å². The van der Waals surface area contributed by atoms with Gasteiger partial charge in [-0.1, -0.05) is 6.07 Å². The zero-order valence-electron chi connectivity index (χ0n) is 12.9. The molecule has 0 aliphatic carbocycles. The number of carbonyl (C=O) groups is 1. The van der Waals surface area contributed by atoms with E-state index in [1.807, 2.05) is 30.3 Å². The van der Waals surface area contributed by atoms with Crippen LogP contribution in [0.15, 0.2) is 67.4 Å². The van der Waals surface area contributed by atoms with Crippen molar-refractivity contribution in [3.63, 3.8) is 0 Å². The lowest BCUT2D eigenvalue weighted by Gasteiger charge is -2.08. The van der Waals surface area contributed by atoms with Gasteiger partial charge in [-0.2, -0.15) is 0 Å². The van der Waals surface area contributed by atoms with Crippen LogP contribution in [0.3, 0.4) is 0 Å². The summed E-state index contributed by atoms with van der Waals surface area (Å²) in [6.45, 7) is 0. The minimum Gasteiger partial charge on any atom is -0.406 e. The number of aromatic nitrogens is 5. The number of pyridine rings is 2. The Morgan fingerprint density at radius 1 is 0.960 bits per heavy atom. The fourth-order valence-electron chi connectivity index (χ4n) is 2.28. The fourth-order valence-corrected chi connectivity index (χ4v) is 2.28. The molecular formula is C17H12N6O2. The highest BCUT2D eigenvalue weighted by molar-refractivity contribution is 5.82. The lowest BCUT2D eigenvalue weighted by atomic mass is 10.3. The molecule has 0 aliphatic rings. The molecule has 0 saturated heterocycles. The number of amides is 1. The quantitative estimate of drug-likeness (QED) is 0.620. The minimum absolute atomic E-state index is 0.224. The van der Waals surface area contributed by atoms with Gasteiger partial charge in [0.05, 0.1) is 12.4 Å². The number of hydrogen-bond acceptors (Lipinski definition) is 6. The Bertz CT molecular complexity index is 1010. The SMILES string of the molecule is O=C(Nn1ccc2cccnc21)Oc1cnc(-c2ccccn2)nc1. The molecule has 0 radical (unpaired) electrons. The molecule has 122 valence electrons. The Balaban J connectivity index is 1.46. The Kier molecular flexibility index (Phi) is 3.76. The first-order valence-corrected chi connectivity index (χ1v) is 7.44. The first-order chi connectivity index (χ1) is 12.3. The van der Waals surface area contributed by atoms with Gasteiger partial charge in [0.25, 0.3) is 0 Å². The summed E-state index contributed by atoms with van der Waals surface area (Å²) < 4.78 is 6.67. The molecule has 1 amide bonds. The van der Waals surface area contributed by atoms with E-state index < -0.39 is 6.09 Å². The molecule has 4 aromatic heterocycles. The van der Waals surface area contributed by atoms with Crippen molar-refractivity contribution in [3.05, 3.63) is 67.4 Å². The van der Waals surface area contributed by atoms with Crippen molar-refractivity contribution in [1.82, 2.24) is 24.6 Å². The molecule has 0 aromatic carbocycles. The standard InChI is InChI=1S/C17H12N6O2/c24-17(22-23-9-6-12-4-3-8-19-16(12)23)25-13-10-20-15(21-11-13)14-5-1-2-7-18-14/h1-11H,(H,22,24). The Hall–Kier alpha value is -3.81. The zero-order valence-corrected chi connectivity index (χ0v) is 12.9. The topological polar surface area (TPSA) is 94.8 Å². The van der Waals surface area contributed by atoms with E-state index in [9.17, 15) is 4.79 Å². The Morgan fingerprint density at radius 2 is 1.80 bits per heavy atom. The smallest absolute Gasteiger partial charge is 0.406 e. The van der Waals surface area contributed by atoms with E-state index in [0.717, 1.165) is 5.39 Å². The number of hydrogen-bond donors (Lipinski definition) is 1. The van der Waals surface area contributed by atoms with Crippen molar-refractivity contribution in [2.45, 2.75) is 0 Å². The molecule has 1 N–H and O–H groups in total. The summed E-state index contributed by atoms with van der Waals surface area (Å²) in [6, 6.07) is 11.0.